The summed E-state index contributed by atoms with van der Waals surface area (Å²) < 4.78 is 8.46. The largest absolute Gasteiger partial charge is 0.480 e. The Labute approximate surface area is 167 Å². The van der Waals surface area contributed by atoms with Gasteiger partial charge in [0.25, 0.3) is 0 Å². The monoisotopic (exact) mass is 379 g/mol. The van der Waals surface area contributed by atoms with Gasteiger partial charge < -0.3 is 10.1 Å². The van der Waals surface area contributed by atoms with E-state index in [4.69, 9.17) is 4.74 Å². The van der Waals surface area contributed by atoms with Crippen molar-refractivity contribution in [3.8, 4) is 5.75 Å². The molecule has 6 rings (SSSR count). The summed E-state index contributed by atoms with van der Waals surface area (Å²) in [5.74, 6) is 1.56. The zero-order chi connectivity index (χ0) is 19.2. The lowest BCUT2D eigenvalue weighted by molar-refractivity contribution is 0.223. The molecule has 0 saturated carbocycles. The van der Waals surface area contributed by atoms with Gasteiger partial charge in [0.15, 0.2) is 0 Å². The molecule has 0 radical (unpaired) electrons. The van der Waals surface area contributed by atoms with Gasteiger partial charge in [-0.05, 0) is 29.3 Å². The number of hydrogen-bond donors (Lipinski definition) is 1. The van der Waals surface area contributed by atoms with E-state index in [1.165, 1.54) is 0 Å². The fourth-order valence-corrected chi connectivity index (χ4v) is 4.18. The van der Waals surface area contributed by atoms with Crippen molar-refractivity contribution in [2.45, 2.75) is 12.1 Å². The normalized spacial score (nSPS) is 19.4. The Bertz CT molecular complexity index is 1220. The fraction of sp³-hybridized carbons (Fsp3) is 0.0870. The maximum Gasteiger partial charge on any atom is 0.226 e. The van der Waals surface area contributed by atoms with Crippen LogP contribution in [0.5, 0.6) is 5.75 Å². The summed E-state index contributed by atoms with van der Waals surface area (Å²) in [6.45, 7) is 0. The van der Waals surface area contributed by atoms with Crippen molar-refractivity contribution in [1.82, 2.24) is 19.7 Å². The van der Waals surface area contributed by atoms with Crippen molar-refractivity contribution in [1.29, 1.82) is 0 Å². The molecular weight excluding hydrogens is 362 g/mol. The number of pyridine rings is 1. The predicted molar refractivity (Wildman–Crippen MR) is 109 cm³/mol. The molecule has 2 aromatic heterocycles. The molecule has 0 amide bonds. The minimum absolute atomic E-state index is 0.170. The van der Waals surface area contributed by atoms with E-state index in [9.17, 15) is 0 Å². The van der Waals surface area contributed by atoms with Gasteiger partial charge in [0.05, 0.1) is 5.70 Å². The van der Waals surface area contributed by atoms with E-state index < -0.39 is 0 Å². The van der Waals surface area contributed by atoms with Gasteiger partial charge in [-0.1, -0.05) is 48.5 Å². The van der Waals surface area contributed by atoms with E-state index in [-0.39, 0.29) is 12.1 Å². The second-order valence-electron chi connectivity index (χ2n) is 7.08. The first-order chi connectivity index (χ1) is 14.4. The Hall–Kier alpha value is -3.93. The van der Waals surface area contributed by atoms with Gasteiger partial charge in [-0.15, -0.1) is 0 Å². The number of ether oxygens (including phenoxy) is 1. The number of para-hydroxylation sites is 1. The van der Waals surface area contributed by atoms with Gasteiger partial charge in [0.1, 0.15) is 24.2 Å². The number of nitrogens with one attached hydrogen (secondary N) is 1. The first kappa shape index (κ1) is 16.1. The molecule has 2 atom stereocenters. The number of hydrogen-bond acceptors (Lipinski definition) is 5. The summed E-state index contributed by atoms with van der Waals surface area (Å²) in [6, 6.07) is 22.2. The molecule has 0 bridgehead atoms. The van der Waals surface area contributed by atoms with Crippen LogP contribution in [0.1, 0.15) is 28.8 Å². The molecule has 4 aromatic rings. The first-order valence-electron chi connectivity index (χ1n) is 9.51. The highest BCUT2D eigenvalue weighted by Crippen LogP contribution is 2.50. The highest BCUT2D eigenvalue weighted by Gasteiger charge is 2.40. The molecule has 0 saturated heterocycles. The summed E-state index contributed by atoms with van der Waals surface area (Å²) in [7, 11) is 0. The summed E-state index contributed by atoms with van der Waals surface area (Å²) in [5.41, 5.74) is 5.28. The van der Waals surface area contributed by atoms with E-state index in [1.807, 2.05) is 53.3 Å². The number of fused-ring (bicyclic) bond motifs is 3. The van der Waals surface area contributed by atoms with E-state index in [0.717, 1.165) is 33.7 Å². The predicted octanol–water partition coefficient (Wildman–Crippen LogP) is 4.23. The molecule has 1 N–H and O–H groups in total. The van der Waals surface area contributed by atoms with Crippen LogP contribution in [0, 0.1) is 0 Å². The van der Waals surface area contributed by atoms with E-state index in [0.29, 0.717) is 5.95 Å². The van der Waals surface area contributed by atoms with Crippen molar-refractivity contribution >= 4 is 11.6 Å². The Kier molecular flexibility index (Phi) is 3.49. The quantitative estimate of drug-likeness (QED) is 0.565. The minimum Gasteiger partial charge on any atom is -0.480 e. The standard InChI is InChI=1S/C23H17N5O/c1-2-7-15(8-3-1)22-19-20(17-10-4-5-11-18(17)29-22)27-23-25-14-26-28(23)21(19)16-9-6-12-24-13-16/h1-14,21-22H,(H,25,26,27)/t21-,22-/m1/s1. The lowest BCUT2D eigenvalue weighted by Crippen LogP contribution is -2.32. The van der Waals surface area contributed by atoms with Gasteiger partial charge in [0, 0.05) is 23.5 Å². The molecule has 6 heteroatoms. The van der Waals surface area contributed by atoms with Crippen LogP contribution in [0.2, 0.25) is 0 Å². The average molecular weight is 379 g/mol. The average Bonchev–Trinajstić information content (AvgIpc) is 3.26. The Balaban J connectivity index is 1.65. The van der Waals surface area contributed by atoms with Crippen LogP contribution in [0.3, 0.4) is 0 Å². The molecule has 0 spiro atoms. The molecular formula is C23H17N5O. The summed E-state index contributed by atoms with van der Waals surface area (Å²) in [4.78, 5) is 8.79. The first-order valence-corrected chi connectivity index (χ1v) is 9.51. The van der Waals surface area contributed by atoms with E-state index >= 15 is 0 Å². The number of nitrogens with zero attached hydrogens (tertiary/aromatic N) is 4. The number of benzene rings is 2. The molecule has 2 aliphatic rings. The van der Waals surface area contributed by atoms with Gasteiger partial charge >= 0.3 is 0 Å². The highest BCUT2D eigenvalue weighted by molar-refractivity contribution is 5.85. The minimum atomic E-state index is -0.254. The van der Waals surface area contributed by atoms with Crippen LogP contribution in [-0.4, -0.2) is 19.7 Å². The van der Waals surface area contributed by atoms with E-state index in [1.54, 1.807) is 12.5 Å². The van der Waals surface area contributed by atoms with Crippen molar-refractivity contribution in [3.63, 3.8) is 0 Å². The molecule has 0 aliphatic carbocycles. The third-order valence-electron chi connectivity index (χ3n) is 5.42. The number of aromatic nitrogens is 4. The zero-order valence-electron chi connectivity index (χ0n) is 15.4. The van der Waals surface area contributed by atoms with Gasteiger partial charge in [0.2, 0.25) is 5.95 Å². The third-order valence-corrected chi connectivity index (χ3v) is 5.42. The molecule has 4 heterocycles. The van der Waals surface area contributed by atoms with Crippen LogP contribution in [0.25, 0.3) is 5.70 Å². The molecule has 0 unspecified atom stereocenters. The van der Waals surface area contributed by atoms with Crippen LogP contribution >= 0.6 is 0 Å². The summed E-state index contributed by atoms with van der Waals surface area (Å²) in [5, 5.41) is 8.02. The smallest absolute Gasteiger partial charge is 0.226 e. The van der Waals surface area contributed by atoms with Crippen LogP contribution < -0.4 is 10.1 Å². The van der Waals surface area contributed by atoms with Crippen LogP contribution in [0.15, 0.2) is 91.0 Å². The van der Waals surface area contributed by atoms with Gasteiger partial charge in [-0.25, -0.2) is 4.68 Å². The second kappa shape index (κ2) is 6.31. The van der Waals surface area contributed by atoms with Gasteiger partial charge in [-0.2, -0.15) is 10.1 Å². The van der Waals surface area contributed by atoms with Crippen molar-refractivity contribution in [2.24, 2.45) is 0 Å². The summed E-state index contributed by atoms with van der Waals surface area (Å²) in [6.07, 6.45) is 4.99. The van der Waals surface area contributed by atoms with Gasteiger partial charge in [-0.3, -0.25) is 4.98 Å². The molecule has 6 nitrogen and oxygen atoms in total. The van der Waals surface area contributed by atoms with Crippen molar-refractivity contribution in [2.75, 3.05) is 5.32 Å². The number of anilines is 1. The second-order valence-corrected chi connectivity index (χ2v) is 7.08. The SMILES string of the molecule is c1ccc([C@H]2Oc3ccccc3C3=C2[C@@H](c2cccnc2)n2ncnc2N3)cc1. The Morgan fingerprint density at radius 2 is 1.72 bits per heavy atom. The lowest BCUT2D eigenvalue weighted by Gasteiger charge is -2.38. The van der Waals surface area contributed by atoms with Crippen LogP contribution in [0.4, 0.5) is 5.95 Å². The summed E-state index contributed by atoms with van der Waals surface area (Å²) >= 11 is 0. The molecule has 2 aliphatic heterocycles. The Morgan fingerprint density at radius 1 is 0.897 bits per heavy atom. The molecule has 2 aromatic carbocycles. The maximum absolute atomic E-state index is 6.55. The topological polar surface area (TPSA) is 64.9 Å². The highest BCUT2D eigenvalue weighted by atomic mass is 16.5. The van der Waals surface area contributed by atoms with Crippen LogP contribution in [-0.2, 0) is 0 Å². The van der Waals surface area contributed by atoms with Crippen molar-refractivity contribution < 1.29 is 4.74 Å². The lowest BCUT2D eigenvalue weighted by atomic mass is 9.85. The molecule has 0 fully saturated rings. The number of rotatable bonds is 2. The van der Waals surface area contributed by atoms with Crippen molar-refractivity contribution in [3.05, 3.63) is 108 Å². The third kappa shape index (κ3) is 2.46. The molecule has 29 heavy (non-hydrogen) atoms. The fourth-order valence-electron chi connectivity index (χ4n) is 4.18. The Morgan fingerprint density at radius 3 is 2.59 bits per heavy atom. The maximum atomic E-state index is 6.55. The molecule has 140 valence electrons. The van der Waals surface area contributed by atoms with E-state index in [2.05, 4.69) is 44.6 Å². The zero-order valence-corrected chi connectivity index (χ0v) is 15.4.